The van der Waals surface area contributed by atoms with E-state index in [0.29, 0.717) is 12.8 Å². The Kier molecular flexibility index (Phi) is 3.18. The van der Waals surface area contributed by atoms with E-state index in [2.05, 4.69) is 0 Å². The predicted molar refractivity (Wildman–Crippen MR) is 39.3 cm³/mol. The molecule has 0 aromatic heterocycles. The van der Waals surface area contributed by atoms with E-state index in [1.54, 1.807) is 6.92 Å². The van der Waals surface area contributed by atoms with Crippen LogP contribution in [0.2, 0.25) is 0 Å². The topological polar surface area (TPSA) is 34.1 Å². The zero-order valence-electron chi connectivity index (χ0n) is 6.18. The molecule has 0 bridgehead atoms. The SMILES string of the molecule is CCC(C)(CC)[SH](=O)=O. The maximum Gasteiger partial charge on any atom is 0.145 e. The van der Waals surface area contributed by atoms with Crippen molar-refractivity contribution in [3.05, 3.63) is 0 Å². The van der Waals surface area contributed by atoms with Crippen LogP contribution in [0.5, 0.6) is 0 Å². The second kappa shape index (κ2) is 3.20. The fraction of sp³-hybridized carbons (Fsp3) is 1.00. The Balaban J connectivity index is 4.28. The second-order valence-corrected chi connectivity index (χ2v) is 4.06. The lowest BCUT2D eigenvalue weighted by atomic mass is 10.1. The van der Waals surface area contributed by atoms with Gasteiger partial charge in [-0.25, -0.2) is 8.42 Å². The van der Waals surface area contributed by atoms with Gasteiger partial charge in [0.15, 0.2) is 0 Å². The Labute approximate surface area is 58.2 Å². The Morgan fingerprint density at radius 3 is 1.56 bits per heavy atom. The molecular weight excluding hydrogens is 136 g/mol. The van der Waals surface area contributed by atoms with E-state index in [9.17, 15) is 8.42 Å². The third kappa shape index (κ3) is 1.97. The molecule has 0 saturated carbocycles. The van der Waals surface area contributed by atoms with Gasteiger partial charge in [0.05, 0.1) is 4.75 Å². The summed E-state index contributed by atoms with van der Waals surface area (Å²) < 4.78 is 20.6. The van der Waals surface area contributed by atoms with Crippen LogP contribution in [0.4, 0.5) is 0 Å². The molecule has 0 amide bonds. The average Bonchev–Trinajstić information content (AvgIpc) is 1.86. The van der Waals surface area contributed by atoms with Crippen LogP contribution in [0, 0.1) is 0 Å². The molecule has 0 aliphatic carbocycles. The Morgan fingerprint density at radius 1 is 1.22 bits per heavy atom. The molecule has 0 fully saturated rings. The lowest BCUT2D eigenvalue weighted by molar-refractivity contribution is 0.525. The van der Waals surface area contributed by atoms with E-state index < -0.39 is 15.5 Å². The van der Waals surface area contributed by atoms with Gasteiger partial charge in [-0.1, -0.05) is 13.8 Å². The van der Waals surface area contributed by atoms with Gasteiger partial charge in [0.1, 0.15) is 10.7 Å². The van der Waals surface area contributed by atoms with Crippen LogP contribution in [0.25, 0.3) is 0 Å². The molecule has 0 radical (unpaired) electrons. The molecule has 0 aliphatic rings. The lowest BCUT2D eigenvalue weighted by Gasteiger charge is -2.17. The highest BCUT2D eigenvalue weighted by Crippen LogP contribution is 2.17. The van der Waals surface area contributed by atoms with Crippen molar-refractivity contribution >= 4 is 10.7 Å². The van der Waals surface area contributed by atoms with Crippen molar-refractivity contribution in [2.75, 3.05) is 0 Å². The van der Waals surface area contributed by atoms with Crippen molar-refractivity contribution in [3.63, 3.8) is 0 Å². The molecule has 2 nitrogen and oxygen atoms in total. The predicted octanol–water partition coefficient (Wildman–Crippen LogP) is 1.18. The van der Waals surface area contributed by atoms with Gasteiger partial charge >= 0.3 is 0 Å². The smallest absolute Gasteiger partial charge is 0.145 e. The van der Waals surface area contributed by atoms with Crippen molar-refractivity contribution < 1.29 is 8.42 Å². The molecule has 0 spiro atoms. The Hall–Kier alpha value is -0.0500. The van der Waals surface area contributed by atoms with Gasteiger partial charge in [0, 0.05) is 0 Å². The third-order valence-corrected chi connectivity index (χ3v) is 3.48. The highest BCUT2D eigenvalue weighted by atomic mass is 32.2. The molecule has 0 heterocycles. The second-order valence-electron chi connectivity index (χ2n) is 2.46. The molecule has 0 aliphatic heterocycles. The van der Waals surface area contributed by atoms with Crippen LogP contribution in [0.1, 0.15) is 33.6 Å². The van der Waals surface area contributed by atoms with Crippen LogP contribution in [-0.2, 0) is 10.7 Å². The first-order valence-corrected chi connectivity index (χ1v) is 4.39. The van der Waals surface area contributed by atoms with E-state index in [1.807, 2.05) is 13.8 Å². The van der Waals surface area contributed by atoms with E-state index in [4.69, 9.17) is 0 Å². The highest BCUT2D eigenvalue weighted by molar-refractivity contribution is 7.74. The maximum absolute atomic E-state index is 10.5. The van der Waals surface area contributed by atoms with E-state index >= 15 is 0 Å². The van der Waals surface area contributed by atoms with Gasteiger partial charge in [-0.15, -0.1) is 0 Å². The molecule has 0 aromatic carbocycles. The summed E-state index contributed by atoms with van der Waals surface area (Å²) in [6, 6.07) is 0. The molecule has 0 rings (SSSR count). The molecule has 0 aromatic rings. The largest absolute Gasteiger partial charge is 0.231 e. The first-order valence-electron chi connectivity index (χ1n) is 3.21. The quantitative estimate of drug-likeness (QED) is 0.613. The average molecular weight is 150 g/mol. The van der Waals surface area contributed by atoms with Gasteiger partial charge in [0.2, 0.25) is 0 Å². The van der Waals surface area contributed by atoms with E-state index in [-0.39, 0.29) is 0 Å². The Morgan fingerprint density at radius 2 is 1.56 bits per heavy atom. The van der Waals surface area contributed by atoms with Crippen LogP contribution < -0.4 is 0 Å². The first kappa shape index (κ1) is 8.95. The van der Waals surface area contributed by atoms with Gasteiger partial charge in [-0.3, -0.25) is 0 Å². The zero-order chi connectivity index (χ0) is 7.49. The van der Waals surface area contributed by atoms with Gasteiger partial charge in [-0.2, -0.15) is 0 Å². The number of rotatable bonds is 3. The zero-order valence-corrected chi connectivity index (χ0v) is 7.07. The van der Waals surface area contributed by atoms with Gasteiger partial charge < -0.3 is 0 Å². The van der Waals surface area contributed by atoms with Crippen LogP contribution >= 0.6 is 0 Å². The lowest BCUT2D eigenvalue weighted by Crippen LogP contribution is -2.23. The minimum Gasteiger partial charge on any atom is -0.231 e. The van der Waals surface area contributed by atoms with Crippen molar-refractivity contribution in [1.29, 1.82) is 0 Å². The summed E-state index contributed by atoms with van der Waals surface area (Å²) >= 11 is 0. The molecule has 0 atom stereocenters. The summed E-state index contributed by atoms with van der Waals surface area (Å²) in [5.41, 5.74) is 0. The fourth-order valence-corrected chi connectivity index (χ4v) is 1.02. The summed E-state index contributed by atoms with van der Waals surface area (Å²) in [7, 11) is -2.25. The maximum atomic E-state index is 10.5. The highest BCUT2D eigenvalue weighted by Gasteiger charge is 2.22. The van der Waals surface area contributed by atoms with Crippen LogP contribution in [0.3, 0.4) is 0 Å². The summed E-state index contributed by atoms with van der Waals surface area (Å²) in [6.07, 6.45) is 1.42. The summed E-state index contributed by atoms with van der Waals surface area (Å²) in [5.74, 6) is 0. The standard InChI is InChI=1S/C6H14O2S/c1-4-6(3,5-2)9(7)8/h9H,4-5H2,1-3H3. The summed E-state index contributed by atoms with van der Waals surface area (Å²) in [6.45, 7) is 5.57. The minimum absolute atomic E-state index is 0.463. The molecule has 0 N–H and O–H groups in total. The fourth-order valence-electron chi connectivity index (χ4n) is 0.508. The molecule has 9 heavy (non-hydrogen) atoms. The van der Waals surface area contributed by atoms with E-state index in [0.717, 1.165) is 0 Å². The normalized spacial score (nSPS) is 12.4. The Bertz CT molecular complexity index is 137. The van der Waals surface area contributed by atoms with Gasteiger partial charge in [0.25, 0.3) is 0 Å². The third-order valence-electron chi connectivity index (χ3n) is 1.96. The van der Waals surface area contributed by atoms with Crippen LogP contribution in [-0.4, -0.2) is 13.2 Å². The number of hydrogen-bond donors (Lipinski definition) is 1. The number of hydrogen-bond acceptors (Lipinski definition) is 2. The first-order chi connectivity index (χ1) is 4.06. The monoisotopic (exact) mass is 150 g/mol. The minimum atomic E-state index is -2.25. The number of thiol groups is 1. The van der Waals surface area contributed by atoms with Crippen molar-refractivity contribution in [1.82, 2.24) is 0 Å². The van der Waals surface area contributed by atoms with Crippen LogP contribution in [0.15, 0.2) is 0 Å². The van der Waals surface area contributed by atoms with Crippen molar-refractivity contribution in [2.24, 2.45) is 0 Å². The summed E-state index contributed by atoms with van der Waals surface area (Å²) in [5, 5.41) is 0. The molecular formula is C6H14O2S. The molecule has 0 unspecified atom stereocenters. The van der Waals surface area contributed by atoms with Crippen molar-refractivity contribution in [3.8, 4) is 0 Å². The van der Waals surface area contributed by atoms with E-state index in [1.165, 1.54) is 0 Å². The van der Waals surface area contributed by atoms with Crippen molar-refractivity contribution in [2.45, 2.75) is 38.4 Å². The molecule has 3 heteroatoms. The molecule has 0 saturated heterocycles. The summed E-state index contributed by atoms with van der Waals surface area (Å²) in [4.78, 5) is 0. The molecule has 56 valence electrons. The van der Waals surface area contributed by atoms with Gasteiger partial charge in [-0.05, 0) is 19.8 Å².